The molecule has 0 bridgehead atoms. The van der Waals surface area contributed by atoms with E-state index < -0.39 is 6.10 Å². The van der Waals surface area contributed by atoms with Crippen LogP contribution >= 0.6 is 11.6 Å². The summed E-state index contributed by atoms with van der Waals surface area (Å²) in [6.45, 7) is 0. The minimum absolute atomic E-state index is 0.294. The second-order valence-corrected chi connectivity index (χ2v) is 4.72. The van der Waals surface area contributed by atoms with Crippen LogP contribution in [-0.4, -0.2) is 15.1 Å². The van der Waals surface area contributed by atoms with Gasteiger partial charge in [-0.15, -0.1) is 0 Å². The molecule has 3 N–H and O–H groups in total. The number of H-pyrrole nitrogens is 2. The Bertz CT molecular complexity index is 777. The highest BCUT2D eigenvalue weighted by Crippen LogP contribution is 2.30. The van der Waals surface area contributed by atoms with Crippen molar-refractivity contribution in [3.8, 4) is 0 Å². The Morgan fingerprint density at radius 1 is 1.05 bits per heavy atom. The summed E-state index contributed by atoms with van der Waals surface area (Å²) in [5.74, 6) is 0. The summed E-state index contributed by atoms with van der Waals surface area (Å²) < 4.78 is 0. The number of benzene rings is 2. The molecule has 0 saturated heterocycles. The van der Waals surface area contributed by atoms with Crippen LogP contribution in [0.2, 0.25) is 5.02 Å². The molecule has 96 valence electrons. The predicted octanol–water partition coefficient (Wildman–Crippen LogP) is 2.59. The van der Waals surface area contributed by atoms with Gasteiger partial charge in [0.15, 0.2) is 0 Å². The van der Waals surface area contributed by atoms with Crippen molar-refractivity contribution in [2.45, 2.75) is 6.10 Å². The number of aromatic amines is 2. The van der Waals surface area contributed by atoms with Gasteiger partial charge >= 0.3 is 5.69 Å². The molecule has 0 spiro atoms. The van der Waals surface area contributed by atoms with Crippen LogP contribution in [0.3, 0.4) is 0 Å². The van der Waals surface area contributed by atoms with Crippen LogP contribution in [0.25, 0.3) is 11.0 Å². The Morgan fingerprint density at radius 2 is 1.68 bits per heavy atom. The van der Waals surface area contributed by atoms with Crippen molar-refractivity contribution in [2.75, 3.05) is 0 Å². The highest BCUT2D eigenvalue weighted by atomic mass is 35.5. The lowest BCUT2D eigenvalue weighted by atomic mass is 10.0. The molecule has 0 aliphatic rings. The first-order valence-corrected chi connectivity index (χ1v) is 6.17. The summed E-state index contributed by atoms with van der Waals surface area (Å²) in [4.78, 5) is 16.5. The second-order valence-electron chi connectivity index (χ2n) is 4.31. The van der Waals surface area contributed by atoms with Gasteiger partial charge in [-0.3, -0.25) is 0 Å². The van der Waals surface area contributed by atoms with Gasteiger partial charge in [0.05, 0.1) is 11.0 Å². The van der Waals surface area contributed by atoms with E-state index in [0.29, 0.717) is 21.6 Å². The first kappa shape index (κ1) is 12.0. The van der Waals surface area contributed by atoms with E-state index in [1.54, 1.807) is 12.1 Å². The Hall–Kier alpha value is -2.04. The van der Waals surface area contributed by atoms with E-state index in [1.807, 2.05) is 30.3 Å². The van der Waals surface area contributed by atoms with Gasteiger partial charge in [0.1, 0.15) is 6.10 Å². The quantitative estimate of drug-likeness (QED) is 0.672. The van der Waals surface area contributed by atoms with Gasteiger partial charge in [0.25, 0.3) is 0 Å². The minimum atomic E-state index is -0.823. The van der Waals surface area contributed by atoms with Crippen molar-refractivity contribution in [3.63, 3.8) is 0 Å². The molecule has 3 aromatic rings. The average molecular weight is 275 g/mol. The molecule has 4 nitrogen and oxygen atoms in total. The molecule has 3 rings (SSSR count). The number of rotatable bonds is 2. The Morgan fingerprint density at radius 3 is 2.37 bits per heavy atom. The predicted molar refractivity (Wildman–Crippen MR) is 74.4 cm³/mol. The van der Waals surface area contributed by atoms with Gasteiger partial charge < -0.3 is 15.1 Å². The Labute approximate surface area is 113 Å². The molecule has 0 fully saturated rings. The van der Waals surface area contributed by atoms with Gasteiger partial charge in [-0.05, 0) is 17.7 Å². The highest BCUT2D eigenvalue weighted by Gasteiger charge is 2.15. The molecule has 0 saturated carbocycles. The second kappa shape index (κ2) is 4.57. The van der Waals surface area contributed by atoms with Crippen molar-refractivity contribution in [1.29, 1.82) is 0 Å². The van der Waals surface area contributed by atoms with Crippen LogP contribution in [-0.2, 0) is 0 Å². The van der Waals surface area contributed by atoms with Gasteiger partial charge in [0, 0.05) is 10.6 Å². The minimum Gasteiger partial charge on any atom is -0.384 e. The molecule has 1 unspecified atom stereocenters. The molecular weight excluding hydrogens is 264 g/mol. The molecule has 0 amide bonds. The summed E-state index contributed by atoms with van der Waals surface area (Å²) in [5, 5.41) is 10.8. The maximum absolute atomic E-state index is 11.2. The Balaban J connectivity index is 2.14. The van der Waals surface area contributed by atoms with E-state index in [9.17, 15) is 9.90 Å². The zero-order chi connectivity index (χ0) is 13.4. The molecule has 1 atom stereocenters. The van der Waals surface area contributed by atoms with Gasteiger partial charge in [-0.1, -0.05) is 41.9 Å². The maximum atomic E-state index is 11.2. The van der Waals surface area contributed by atoms with Gasteiger partial charge in [-0.2, -0.15) is 0 Å². The summed E-state index contributed by atoms with van der Waals surface area (Å²) in [6, 6.07) is 12.6. The molecule has 2 aromatic carbocycles. The summed E-state index contributed by atoms with van der Waals surface area (Å²) in [7, 11) is 0. The number of hydrogen-bond donors (Lipinski definition) is 3. The van der Waals surface area contributed by atoms with Crippen LogP contribution < -0.4 is 5.69 Å². The number of halogens is 1. The number of fused-ring (bicyclic) bond motifs is 1. The third-order valence-corrected chi connectivity index (χ3v) is 3.37. The number of aliphatic hydroxyl groups is 1. The summed E-state index contributed by atoms with van der Waals surface area (Å²) >= 11 is 6.16. The number of imidazole rings is 1. The highest BCUT2D eigenvalue weighted by molar-refractivity contribution is 6.32. The van der Waals surface area contributed by atoms with Crippen LogP contribution in [0.5, 0.6) is 0 Å². The molecule has 5 heteroatoms. The summed E-state index contributed by atoms with van der Waals surface area (Å²) in [6.07, 6.45) is -0.823. The van der Waals surface area contributed by atoms with Crippen molar-refractivity contribution < 1.29 is 5.11 Å². The van der Waals surface area contributed by atoms with E-state index >= 15 is 0 Å². The number of nitrogens with one attached hydrogen (secondary N) is 2. The van der Waals surface area contributed by atoms with Crippen LogP contribution in [0.4, 0.5) is 0 Å². The fourth-order valence-electron chi connectivity index (χ4n) is 2.10. The normalized spacial score (nSPS) is 12.7. The number of aliphatic hydroxyl groups excluding tert-OH is 1. The molecule has 0 radical (unpaired) electrons. The first-order valence-electron chi connectivity index (χ1n) is 5.79. The SMILES string of the molecule is O=c1[nH]c2cc(Cl)c(C(O)c3ccccc3)cc2[nH]1. The standard InChI is InChI=1S/C14H11ClN2O2/c15-10-7-12-11(16-14(19)17-12)6-9(10)13(18)8-4-2-1-3-5-8/h1-7,13,18H,(H2,16,17,19). The van der Waals surface area contributed by atoms with Crippen LogP contribution in [0, 0.1) is 0 Å². The molecule has 0 aliphatic heterocycles. The van der Waals surface area contributed by atoms with Crippen molar-refractivity contribution in [2.24, 2.45) is 0 Å². The molecule has 19 heavy (non-hydrogen) atoms. The summed E-state index contributed by atoms with van der Waals surface area (Å²) in [5.41, 5.74) is 2.27. The van der Waals surface area contributed by atoms with Gasteiger partial charge in [-0.25, -0.2) is 4.79 Å². The van der Waals surface area contributed by atoms with Crippen molar-refractivity contribution in [1.82, 2.24) is 9.97 Å². The smallest absolute Gasteiger partial charge is 0.323 e. The lowest BCUT2D eigenvalue weighted by molar-refractivity contribution is 0.220. The third kappa shape index (κ3) is 2.16. The van der Waals surface area contributed by atoms with E-state index in [0.717, 1.165) is 5.56 Å². The lowest BCUT2D eigenvalue weighted by Gasteiger charge is -2.13. The van der Waals surface area contributed by atoms with E-state index in [-0.39, 0.29) is 5.69 Å². The first-order chi connectivity index (χ1) is 9.15. The molecule has 0 aliphatic carbocycles. The van der Waals surface area contributed by atoms with E-state index in [1.165, 1.54) is 0 Å². The molecule has 1 aromatic heterocycles. The largest absolute Gasteiger partial charge is 0.384 e. The van der Waals surface area contributed by atoms with Crippen molar-refractivity contribution >= 4 is 22.6 Å². The fourth-order valence-corrected chi connectivity index (χ4v) is 2.36. The fraction of sp³-hybridized carbons (Fsp3) is 0.0714. The van der Waals surface area contributed by atoms with E-state index in [4.69, 9.17) is 11.6 Å². The van der Waals surface area contributed by atoms with Crippen molar-refractivity contribution in [3.05, 3.63) is 69.1 Å². The average Bonchev–Trinajstić information content (AvgIpc) is 2.77. The third-order valence-electron chi connectivity index (χ3n) is 3.04. The van der Waals surface area contributed by atoms with Crippen LogP contribution in [0.15, 0.2) is 47.3 Å². The van der Waals surface area contributed by atoms with Gasteiger partial charge in [0.2, 0.25) is 0 Å². The zero-order valence-electron chi connectivity index (χ0n) is 9.85. The molecular formula is C14H11ClN2O2. The van der Waals surface area contributed by atoms with Crippen LogP contribution in [0.1, 0.15) is 17.2 Å². The number of hydrogen-bond acceptors (Lipinski definition) is 2. The van der Waals surface area contributed by atoms with E-state index in [2.05, 4.69) is 9.97 Å². The topological polar surface area (TPSA) is 68.9 Å². The lowest BCUT2D eigenvalue weighted by Crippen LogP contribution is -2.00. The zero-order valence-corrected chi connectivity index (χ0v) is 10.6. The maximum Gasteiger partial charge on any atom is 0.323 e. The Kier molecular flexibility index (Phi) is 2.89. The number of aromatic nitrogens is 2. The molecule has 1 heterocycles. The monoisotopic (exact) mass is 274 g/mol.